The highest BCUT2D eigenvalue weighted by Crippen LogP contribution is 2.17. The Hall–Kier alpha value is -1.97. The van der Waals surface area contributed by atoms with Crippen molar-refractivity contribution in [3.8, 4) is 0 Å². The first-order valence-electron chi connectivity index (χ1n) is 7.41. The van der Waals surface area contributed by atoms with Crippen LogP contribution in [0.15, 0.2) is 60.7 Å². The van der Waals surface area contributed by atoms with E-state index in [9.17, 15) is 4.79 Å². The molecule has 2 aromatic rings. The average Bonchev–Trinajstić information content (AvgIpc) is 2.55. The minimum atomic E-state index is -0.926. The first kappa shape index (κ1) is 16.4. The molecule has 0 aromatic heterocycles. The summed E-state index contributed by atoms with van der Waals surface area (Å²) >= 11 is 0. The summed E-state index contributed by atoms with van der Waals surface area (Å²) in [7, 11) is 0. The van der Waals surface area contributed by atoms with Crippen LogP contribution in [0.5, 0.6) is 0 Å². The molecule has 0 fully saturated rings. The van der Waals surface area contributed by atoms with Gasteiger partial charge in [-0.05, 0) is 25.0 Å². The lowest BCUT2D eigenvalue weighted by Gasteiger charge is -2.27. The van der Waals surface area contributed by atoms with E-state index in [1.54, 1.807) is 6.92 Å². The summed E-state index contributed by atoms with van der Waals surface area (Å²) in [6.45, 7) is 4.42. The van der Waals surface area contributed by atoms with Crippen LogP contribution < -0.4 is 0 Å². The van der Waals surface area contributed by atoms with Crippen LogP contribution in [0.4, 0.5) is 0 Å². The fourth-order valence-corrected chi connectivity index (χ4v) is 2.00. The van der Waals surface area contributed by atoms with Gasteiger partial charge in [-0.1, -0.05) is 60.7 Å². The van der Waals surface area contributed by atoms with Gasteiger partial charge in [-0.25, -0.2) is 0 Å². The first-order valence-corrected chi connectivity index (χ1v) is 7.41. The molecule has 0 heterocycles. The predicted octanol–water partition coefficient (Wildman–Crippen LogP) is 3.77. The van der Waals surface area contributed by atoms with Crippen molar-refractivity contribution in [2.24, 2.45) is 0 Å². The Balaban J connectivity index is 1.89. The van der Waals surface area contributed by atoms with Gasteiger partial charge in [-0.2, -0.15) is 0 Å². The van der Waals surface area contributed by atoms with E-state index in [1.165, 1.54) is 6.92 Å². The third-order valence-electron chi connectivity index (χ3n) is 3.63. The van der Waals surface area contributed by atoms with Gasteiger partial charge in [-0.15, -0.1) is 0 Å². The smallest absolute Gasteiger partial charge is 0.163 e. The van der Waals surface area contributed by atoms with E-state index in [2.05, 4.69) is 0 Å². The highest BCUT2D eigenvalue weighted by Gasteiger charge is 2.31. The second kappa shape index (κ2) is 7.87. The molecule has 22 heavy (non-hydrogen) atoms. The summed E-state index contributed by atoms with van der Waals surface area (Å²) in [5.41, 5.74) is 1.19. The molecule has 0 spiro atoms. The monoisotopic (exact) mass is 298 g/mol. The molecule has 116 valence electrons. The fourth-order valence-electron chi connectivity index (χ4n) is 2.00. The Morgan fingerprint density at radius 1 is 0.909 bits per heavy atom. The van der Waals surface area contributed by atoms with Gasteiger partial charge in [0.05, 0.1) is 19.8 Å². The van der Waals surface area contributed by atoms with Crippen molar-refractivity contribution in [1.29, 1.82) is 0 Å². The van der Waals surface area contributed by atoms with Crippen molar-refractivity contribution >= 4 is 5.78 Å². The van der Waals surface area contributed by atoms with Gasteiger partial charge < -0.3 is 9.47 Å². The summed E-state index contributed by atoms with van der Waals surface area (Å²) in [5, 5.41) is 0. The van der Waals surface area contributed by atoms with Gasteiger partial charge in [0.1, 0.15) is 5.60 Å². The molecule has 0 saturated carbocycles. The normalized spacial score (nSPS) is 13.5. The Morgan fingerprint density at radius 2 is 1.41 bits per heavy atom. The van der Waals surface area contributed by atoms with Crippen molar-refractivity contribution < 1.29 is 14.3 Å². The van der Waals surface area contributed by atoms with Gasteiger partial charge in [0.2, 0.25) is 0 Å². The molecule has 0 bridgehead atoms. The number of rotatable bonds is 8. The zero-order chi connectivity index (χ0) is 15.8. The second-order valence-corrected chi connectivity index (χ2v) is 5.54. The summed E-state index contributed by atoms with van der Waals surface area (Å²) in [5.74, 6) is -0.0310. The van der Waals surface area contributed by atoms with Gasteiger partial charge in [-0.3, -0.25) is 4.79 Å². The van der Waals surface area contributed by atoms with Crippen LogP contribution in [0, 0.1) is 0 Å². The molecule has 2 aromatic carbocycles. The predicted molar refractivity (Wildman–Crippen MR) is 86.4 cm³/mol. The van der Waals surface area contributed by atoms with Crippen LogP contribution in [0.3, 0.4) is 0 Å². The van der Waals surface area contributed by atoms with E-state index in [0.29, 0.717) is 13.2 Å². The van der Waals surface area contributed by atoms with Crippen molar-refractivity contribution in [1.82, 2.24) is 0 Å². The van der Waals surface area contributed by atoms with Crippen LogP contribution in [0.25, 0.3) is 0 Å². The lowest BCUT2D eigenvalue weighted by Crippen LogP contribution is -2.41. The third kappa shape index (κ3) is 4.79. The second-order valence-electron chi connectivity index (χ2n) is 5.54. The average molecular weight is 298 g/mol. The molecule has 0 aliphatic carbocycles. The molecule has 3 nitrogen and oxygen atoms in total. The lowest BCUT2D eigenvalue weighted by atomic mass is 10.0. The lowest BCUT2D eigenvalue weighted by molar-refractivity contribution is -0.152. The molecular weight excluding hydrogens is 276 g/mol. The maximum atomic E-state index is 11.9. The van der Waals surface area contributed by atoms with Crippen LogP contribution in [-0.2, 0) is 27.5 Å². The van der Waals surface area contributed by atoms with E-state index in [-0.39, 0.29) is 12.4 Å². The molecule has 0 N–H and O–H groups in total. The first-order chi connectivity index (χ1) is 10.6. The minimum absolute atomic E-state index is 0.0310. The molecule has 3 heteroatoms. The van der Waals surface area contributed by atoms with E-state index in [0.717, 1.165) is 11.1 Å². The molecule has 2 rings (SSSR count). The van der Waals surface area contributed by atoms with Crippen molar-refractivity contribution in [3.63, 3.8) is 0 Å². The molecule has 0 aliphatic rings. The van der Waals surface area contributed by atoms with Gasteiger partial charge in [0.15, 0.2) is 5.78 Å². The number of hydrogen-bond donors (Lipinski definition) is 0. The number of carbonyl (C=O) groups excluding carboxylic acids is 1. The largest absolute Gasteiger partial charge is 0.373 e. The van der Waals surface area contributed by atoms with Crippen molar-refractivity contribution in [2.45, 2.75) is 32.7 Å². The summed E-state index contributed by atoms with van der Waals surface area (Å²) in [6, 6.07) is 19.7. The van der Waals surface area contributed by atoms with Gasteiger partial charge in [0, 0.05) is 0 Å². The highest BCUT2D eigenvalue weighted by molar-refractivity contribution is 5.84. The van der Waals surface area contributed by atoms with E-state index < -0.39 is 5.60 Å². The maximum Gasteiger partial charge on any atom is 0.163 e. The molecular formula is C19H22O3. The van der Waals surface area contributed by atoms with E-state index in [4.69, 9.17) is 9.47 Å². The molecule has 1 atom stereocenters. The summed E-state index contributed by atoms with van der Waals surface area (Å²) in [4.78, 5) is 11.9. The van der Waals surface area contributed by atoms with Gasteiger partial charge in [0.25, 0.3) is 0 Å². The van der Waals surface area contributed by atoms with Crippen LogP contribution in [0.1, 0.15) is 25.0 Å². The number of Topliss-reactive ketones (excluding diaryl/α,β-unsaturated/α-hetero) is 1. The zero-order valence-corrected chi connectivity index (χ0v) is 13.1. The molecule has 0 radical (unpaired) electrons. The maximum absolute atomic E-state index is 11.9. The van der Waals surface area contributed by atoms with Gasteiger partial charge >= 0.3 is 0 Å². The Morgan fingerprint density at radius 3 is 1.91 bits per heavy atom. The fraction of sp³-hybridized carbons (Fsp3) is 0.316. The van der Waals surface area contributed by atoms with Crippen LogP contribution >= 0.6 is 0 Å². The van der Waals surface area contributed by atoms with Crippen molar-refractivity contribution in [3.05, 3.63) is 71.8 Å². The molecule has 0 aliphatic heterocycles. The van der Waals surface area contributed by atoms with Crippen molar-refractivity contribution in [2.75, 3.05) is 6.61 Å². The number of carbonyl (C=O) groups is 1. The van der Waals surface area contributed by atoms with Crippen LogP contribution in [-0.4, -0.2) is 18.0 Å². The number of ketones is 1. The topological polar surface area (TPSA) is 35.5 Å². The zero-order valence-electron chi connectivity index (χ0n) is 13.1. The summed E-state index contributed by atoms with van der Waals surface area (Å²) < 4.78 is 11.5. The number of benzene rings is 2. The number of hydrogen-bond acceptors (Lipinski definition) is 3. The quantitative estimate of drug-likeness (QED) is 0.744. The Kier molecular flexibility index (Phi) is 5.87. The highest BCUT2D eigenvalue weighted by atomic mass is 16.5. The Labute approximate surface area is 131 Å². The molecule has 1 unspecified atom stereocenters. The number of ether oxygens (including phenoxy) is 2. The standard InChI is InChI=1S/C19H22O3/c1-16(20)19(2,22-14-18-11-7-4-8-12-18)15-21-13-17-9-5-3-6-10-17/h3-12H,13-15H2,1-2H3. The molecule has 0 saturated heterocycles. The third-order valence-corrected chi connectivity index (χ3v) is 3.63. The summed E-state index contributed by atoms with van der Waals surface area (Å²) in [6.07, 6.45) is 0. The Bertz CT molecular complexity index is 580. The SMILES string of the molecule is CC(=O)C(C)(COCc1ccccc1)OCc1ccccc1. The van der Waals surface area contributed by atoms with E-state index >= 15 is 0 Å². The van der Waals surface area contributed by atoms with Crippen LogP contribution in [0.2, 0.25) is 0 Å². The van der Waals surface area contributed by atoms with E-state index in [1.807, 2.05) is 60.7 Å². The molecule has 0 amide bonds. The minimum Gasteiger partial charge on any atom is -0.373 e.